The normalized spacial score (nSPS) is 12.7. The van der Waals surface area contributed by atoms with Crippen LogP contribution >= 0.6 is 23.2 Å². The summed E-state index contributed by atoms with van der Waals surface area (Å²) in [4.78, 5) is 21.8. The number of nitrogens with zero attached hydrogens (tertiary/aromatic N) is 2. The predicted molar refractivity (Wildman–Crippen MR) is 163 cm³/mol. The average Bonchev–Trinajstić information content (AvgIpc) is 3.78. The number of rotatable bonds is 11. The van der Waals surface area contributed by atoms with Crippen molar-refractivity contribution in [1.82, 2.24) is 9.97 Å². The topological polar surface area (TPSA) is 85.4 Å². The molecule has 7 nitrogen and oxygen atoms in total. The number of para-hydroxylation sites is 1. The molecule has 0 amide bonds. The van der Waals surface area contributed by atoms with Crippen LogP contribution in [-0.2, 0) is 11.2 Å². The number of ketones is 1. The van der Waals surface area contributed by atoms with Gasteiger partial charge in [0.25, 0.3) is 0 Å². The fraction of sp³-hybridized carbons (Fsp3) is 0.258. The molecule has 5 rings (SSSR count). The van der Waals surface area contributed by atoms with Crippen LogP contribution in [0.4, 0.5) is 17.3 Å². The van der Waals surface area contributed by atoms with E-state index >= 15 is 0 Å². The Kier molecular flexibility index (Phi) is 8.14. The van der Waals surface area contributed by atoms with Gasteiger partial charge in [-0.3, -0.25) is 4.79 Å². The van der Waals surface area contributed by atoms with Crippen molar-refractivity contribution >= 4 is 57.1 Å². The smallest absolute Gasteiger partial charge is 0.159 e. The number of pyridine rings is 2. The molecular weight excluding hydrogens is 547 g/mol. The zero-order chi connectivity index (χ0) is 28.4. The summed E-state index contributed by atoms with van der Waals surface area (Å²) >= 11 is 13.5. The van der Waals surface area contributed by atoms with Gasteiger partial charge in [-0.15, -0.1) is 0 Å². The van der Waals surface area contributed by atoms with E-state index in [0.29, 0.717) is 50.4 Å². The lowest BCUT2D eigenvalue weighted by Crippen LogP contribution is -2.07. The Balaban J connectivity index is 1.61. The standard InChI is InChI=1S/C31H30Cl2N4O3/c1-5-21(38)11-19-8-6-7-17(2)30(19)37-26-13-22-20(16-34-26)12-23(36-31(22)35-15-18-9-10-18)27-28(32)24(39-3)14-25(40-4)29(27)33/h5-8,12-14,16,18H,1,9-11,15H2,2-4H3,(H,34,37)(H,35,36). The first-order chi connectivity index (χ1) is 19.3. The largest absolute Gasteiger partial charge is 0.495 e. The van der Waals surface area contributed by atoms with E-state index in [1.54, 1.807) is 26.5 Å². The highest BCUT2D eigenvalue weighted by molar-refractivity contribution is 6.41. The number of aromatic nitrogens is 2. The minimum atomic E-state index is -0.0464. The van der Waals surface area contributed by atoms with Gasteiger partial charge in [-0.05, 0) is 55.0 Å². The van der Waals surface area contributed by atoms with E-state index in [1.165, 1.54) is 18.9 Å². The zero-order valence-electron chi connectivity index (χ0n) is 22.6. The van der Waals surface area contributed by atoms with E-state index < -0.39 is 0 Å². The molecule has 1 fully saturated rings. The lowest BCUT2D eigenvalue weighted by molar-refractivity contribution is -0.114. The van der Waals surface area contributed by atoms with Crippen molar-refractivity contribution < 1.29 is 14.3 Å². The number of hydrogen-bond acceptors (Lipinski definition) is 7. The highest BCUT2D eigenvalue weighted by Crippen LogP contribution is 2.46. The average molecular weight is 578 g/mol. The van der Waals surface area contributed by atoms with Crippen molar-refractivity contribution in [2.24, 2.45) is 5.92 Å². The molecule has 2 heterocycles. The third-order valence-corrected chi connectivity index (χ3v) is 7.75. The Hall–Kier alpha value is -3.81. The molecule has 0 atom stereocenters. The molecule has 2 N–H and O–H groups in total. The lowest BCUT2D eigenvalue weighted by Gasteiger charge is -2.17. The first-order valence-corrected chi connectivity index (χ1v) is 13.7. The van der Waals surface area contributed by atoms with Gasteiger partial charge in [0, 0.05) is 47.3 Å². The summed E-state index contributed by atoms with van der Waals surface area (Å²) in [5.74, 6) is 2.79. The summed E-state index contributed by atoms with van der Waals surface area (Å²) in [6, 6.07) is 11.4. The van der Waals surface area contributed by atoms with E-state index in [2.05, 4.69) is 17.2 Å². The Bertz CT molecular complexity index is 1590. The fourth-order valence-corrected chi connectivity index (χ4v) is 5.29. The third-order valence-electron chi connectivity index (χ3n) is 7.00. The SMILES string of the molecule is C=CC(=O)Cc1cccc(C)c1Nc1cc2c(NCC3CC3)nc(-c3c(Cl)c(OC)cc(OC)c3Cl)cc2cn1. The highest BCUT2D eigenvalue weighted by atomic mass is 35.5. The number of anilines is 3. The van der Waals surface area contributed by atoms with Gasteiger partial charge < -0.3 is 20.1 Å². The maximum atomic E-state index is 12.1. The first-order valence-electron chi connectivity index (χ1n) is 13.0. The monoisotopic (exact) mass is 576 g/mol. The van der Waals surface area contributed by atoms with Gasteiger partial charge >= 0.3 is 0 Å². The minimum absolute atomic E-state index is 0.0464. The number of halogens is 2. The summed E-state index contributed by atoms with van der Waals surface area (Å²) in [5.41, 5.74) is 3.83. The summed E-state index contributed by atoms with van der Waals surface area (Å²) in [5, 5.41) is 9.41. The van der Waals surface area contributed by atoms with Crippen LogP contribution in [0, 0.1) is 12.8 Å². The van der Waals surface area contributed by atoms with Crippen LogP contribution in [0.2, 0.25) is 10.0 Å². The van der Waals surface area contributed by atoms with Crippen molar-refractivity contribution in [1.29, 1.82) is 0 Å². The van der Waals surface area contributed by atoms with Crippen molar-refractivity contribution in [2.75, 3.05) is 31.4 Å². The molecule has 0 saturated heterocycles. The number of benzene rings is 2. The van der Waals surface area contributed by atoms with Gasteiger partial charge in [0.15, 0.2) is 5.78 Å². The van der Waals surface area contributed by atoms with Crippen LogP contribution in [0.15, 0.2) is 55.3 Å². The number of ether oxygens (including phenoxy) is 2. The Morgan fingerprint density at radius 1 is 1.12 bits per heavy atom. The van der Waals surface area contributed by atoms with E-state index in [-0.39, 0.29) is 12.2 Å². The van der Waals surface area contributed by atoms with Gasteiger partial charge in [0.05, 0.1) is 30.0 Å². The van der Waals surface area contributed by atoms with Gasteiger partial charge in [-0.25, -0.2) is 9.97 Å². The summed E-state index contributed by atoms with van der Waals surface area (Å²) in [6.45, 7) is 6.41. The van der Waals surface area contributed by atoms with Crippen molar-refractivity contribution in [3.63, 3.8) is 0 Å². The van der Waals surface area contributed by atoms with Gasteiger partial charge in [-0.1, -0.05) is 48.0 Å². The van der Waals surface area contributed by atoms with E-state index in [1.807, 2.05) is 37.3 Å². The minimum Gasteiger partial charge on any atom is -0.495 e. The van der Waals surface area contributed by atoms with Crippen LogP contribution in [0.25, 0.3) is 22.0 Å². The summed E-state index contributed by atoms with van der Waals surface area (Å²) in [7, 11) is 3.08. The maximum Gasteiger partial charge on any atom is 0.159 e. The number of hydrogen-bond donors (Lipinski definition) is 2. The number of methoxy groups -OCH3 is 2. The maximum absolute atomic E-state index is 12.1. The lowest BCUT2D eigenvalue weighted by atomic mass is 10.0. The molecule has 0 radical (unpaired) electrons. The van der Waals surface area contributed by atoms with Crippen molar-refractivity contribution in [2.45, 2.75) is 26.2 Å². The molecule has 9 heteroatoms. The number of carbonyl (C=O) groups is 1. The van der Waals surface area contributed by atoms with Crippen LogP contribution in [0.3, 0.4) is 0 Å². The van der Waals surface area contributed by atoms with Gasteiger partial charge in [-0.2, -0.15) is 0 Å². The molecule has 0 aliphatic heterocycles. The molecule has 2 aromatic carbocycles. The van der Waals surface area contributed by atoms with Crippen molar-refractivity contribution in [3.05, 3.63) is 76.4 Å². The molecule has 0 spiro atoms. The Morgan fingerprint density at radius 2 is 1.85 bits per heavy atom. The second-order valence-electron chi connectivity index (χ2n) is 9.84. The molecule has 1 aliphatic carbocycles. The number of carbonyl (C=O) groups excluding carboxylic acids is 1. The third kappa shape index (κ3) is 5.71. The molecule has 4 aromatic rings. The quantitative estimate of drug-likeness (QED) is 0.176. The number of allylic oxidation sites excluding steroid dienone is 1. The number of nitrogens with one attached hydrogen (secondary N) is 2. The molecule has 0 unspecified atom stereocenters. The Labute approximate surface area is 243 Å². The molecule has 1 saturated carbocycles. The first kappa shape index (κ1) is 27.7. The van der Waals surface area contributed by atoms with E-state index in [9.17, 15) is 4.79 Å². The van der Waals surface area contributed by atoms with Crippen LogP contribution in [0.5, 0.6) is 11.5 Å². The molecular formula is C31H30Cl2N4O3. The van der Waals surface area contributed by atoms with Crippen LogP contribution in [0.1, 0.15) is 24.0 Å². The highest BCUT2D eigenvalue weighted by Gasteiger charge is 2.24. The molecule has 40 heavy (non-hydrogen) atoms. The summed E-state index contributed by atoms with van der Waals surface area (Å²) in [6.07, 6.45) is 5.78. The van der Waals surface area contributed by atoms with Crippen LogP contribution in [-0.4, -0.2) is 36.5 Å². The van der Waals surface area contributed by atoms with Crippen LogP contribution < -0.4 is 20.1 Å². The second-order valence-corrected chi connectivity index (χ2v) is 10.6. The molecule has 0 bridgehead atoms. The fourth-order valence-electron chi connectivity index (χ4n) is 4.59. The Morgan fingerprint density at radius 3 is 2.50 bits per heavy atom. The van der Waals surface area contributed by atoms with E-state index in [0.717, 1.165) is 34.1 Å². The molecule has 1 aliphatic rings. The molecule has 2 aromatic heterocycles. The van der Waals surface area contributed by atoms with E-state index in [4.69, 9.17) is 42.6 Å². The summed E-state index contributed by atoms with van der Waals surface area (Å²) < 4.78 is 10.9. The van der Waals surface area contributed by atoms with Crippen molar-refractivity contribution in [3.8, 4) is 22.8 Å². The predicted octanol–water partition coefficient (Wildman–Crippen LogP) is 7.79. The molecule has 206 valence electrons. The second kappa shape index (κ2) is 11.7. The number of aryl methyl sites for hydroxylation is 1. The van der Waals surface area contributed by atoms with Gasteiger partial charge in [0.2, 0.25) is 0 Å². The number of fused-ring (bicyclic) bond motifs is 1. The zero-order valence-corrected chi connectivity index (χ0v) is 24.1. The van der Waals surface area contributed by atoms with Gasteiger partial charge in [0.1, 0.15) is 23.1 Å².